The van der Waals surface area contributed by atoms with Gasteiger partial charge in [0.15, 0.2) is 0 Å². The lowest BCUT2D eigenvalue weighted by Gasteiger charge is -2.43. The van der Waals surface area contributed by atoms with Gasteiger partial charge in [0, 0.05) is 37.6 Å². The van der Waals surface area contributed by atoms with Crippen LogP contribution in [-0.4, -0.2) is 36.1 Å². The summed E-state index contributed by atoms with van der Waals surface area (Å²) >= 11 is 0. The first-order valence-corrected chi connectivity index (χ1v) is 7.76. The molecule has 0 radical (unpaired) electrons. The number of aryl methyl sites for hydroxylation is 1. The van der Waals surface area contributed by atoms with Crippen LogP contribution in [-0.2, 0) is 6.42 Å². The van der Waals surface area contributed by atoms with Crippen LogP contribution in [0.2, 0.25) is 0 Å². The monoisotopic (exact) mass is 264 g/mol. The van der Waals surface area contributed by atoms with Crippen molar-refractivity contribution in [1.82, 2.24) is 10.2 Å². The summed E-state index contributed by atoms with van der Waals surface area (Å²) in [4.78, 5) is 2.70. The fraction of sp³-hybridized carbons (Fsp3) is 0.750. The topological polar surface area (TPSA) is 28.4 Å². The summed E-state index contributed by atoms with van der Waals surface area (Å²) in [6.45, 7) is 9.26. The molecule has 3 nitrogen and oxygen atoms in total. The van der Waals surface area contributed by atoms with Crippen molar-refractivity contribution in [3.8, 4) is 0 Å². The van der Waals surface area contributed by atoms with E-state index in [1.807, 2.05) is 6.07 Å². The van der Waals surface area contributed by atoms with E-state index in [1.165, 1.54) is 25.8 Å². The zero-order valence-corrected chi connectivity index (χ0v) is 12.6. The molecule has 3 atom stereocenters. The van der Waals surface area contributed by atoms with Gasteiger partial charge in [0.25, 0.3) is 0 Å². The molecule has 1 saturated heterocycles. The lowest BCUT2D eigenvalue weighted by atomic mass is 10.0. The van der Waals surface area contributed by atoms with Gasteiger partial charge < -0.3 is 9.73 Å². The van der Waals surface area contributed by atoms with E-state index in [4.69, 9.17) is 4.42 Å². The highest BCUT2D eigenvalue weighted by Crippen LogP contribution is 2.19. The maximum Gasteiger partial charge on any atom is 0.103 e. The SMILES string of the molecule is CCC1CN(C(C)CCc2ccco2)C(CC)CN1. The summed E-state index contributed by atoms with van der Waals surface area (Å²) in [7, 11) is 0. The molecule has 0 bridgehead atoms. The van der Waals surface area contributed by atoms with Crippen molar-refractivity contribution in [2.45, 2.75) is 64.6 Å². The molecule has 1 N–H and O–H groups in total. The predicted octanol–water partition coefficient (Wildman–Crippen LogP) is 3.06. The van der Waals surface area contributed by atoms with Gasteiger partial charge in [-0.1, -0.05) is 13.8 Å². The highest BCUT2D eigenvalue weighted by atomic mass is 16.3. The van der Waals surface area contributed by atoms with Crippen molar-refractivity contribution in [3.63, 3.8) is 0 Å². The van der Waals surface area contributed by atoms with Gasteiger partial charge >= 0.3 is 0 Å². The van der Waals surface area contributed by atoms with Crippen LogP contribution in [0.25, 0.3) is 0 Å². The molecule has 3 heteroatoms. The van der Waals surface area contributed by atoms with Crippen molar-refractivity contribution in [1.29, 1.82) is 0 Å². The fourth-order valence-corrected chi connectivity index (χ4v) is 3.05. The second-order valence-electron chi connectivity index (χ2n) is 5.74. The van der Waals surface area contributed by atoms with E-state index >= 15 is 0 Å². The summed E-state index contributed by atoms with van der Waals surface area (Å²) in [5.41, 5.74) is 0. The molecule has 2 heterocycles. The smallest absolute Gasteiger partial charge is 0.103 e. The number of hydrogen-bond donors (Lipinski definition) is 1. The van der Waals surface area contributed by atoms with Gasteiger partial charge in [-0.25, -0.2) is 0 Å². The molecule has 1 aromatic rings. The first-order chi connectivity index (χ1) is 9.24. The van der Waals surface area contributed by atoms with Gasteiger partial charge in [-0.3, -0.25) is 4.90 Å². The number of furan rings is 1. The normalized spacial score (nSPS) is 26.5. The number of nitrogens with one attached hydrogen (secondary N) is 1. The van der Waals surface area contributed by atoms with Crippen LogP contribution >= 0.6 is 0 Å². The van der Waals surface area contributed by atoms with Crippen LogP contribution in [0, 0.1) is 0 Å². The van der Waals surface area contributed by atoms with Crippen LogP contribution in [0.15, 0.2) is 22.8 Å². The van der Waals surface area contributed by atoms with E-state index in [0.29, 0.717) is 18.1 Å². The third-order valence-electron chi connectivity index (χ3n) is 4.46. The van der Waals surface area contributed by atoms with Crippen molar-refractivity contribution < 1.29 is 4.42 Å². The predicted molar refractivity (Wildman–Crippen MR) is 79.4 cm³/mol. The first kappa shape index (κ1) is 14.6. The third kappa shape index (κ3) is 3.83. The summed E-state index contributed by atoms with van der Waals surface area (Å²) in [5.74, 6) is 1.11. The van der Waals surface area contributed by atoms with Gasteiger partial charge in [-0.15, -0.1) is 0 Å². The van der Waals surface area contributed by atoms with Gasteiger partial charge in [0.1, 0.15) is 5.76 Å². The Labute approximate surface area is 117 Å². The molecule has 2 rings (SSSR count). The molecule has 108 valence electrons. The molecule has 1 aliphatic heterocycles. The van der Waals surface area contributed by atoms with Crippen LogP contribution in [0.4, 0.5) is 0 Å². The molecule has 0 amide bonds. The summed E-state index contributed by atoms with van der Waals surface area (Å²) in [5, 5.41) is 3.66. The number of piperazine rings is 1. The lowest BCUT2D eigenvalue weighted by molar-refractivity contribution is 0.0806. The molecule has 0 aromatic carbocycles. The maximum atomic E-state index is 5.44. The average molecular weight is 264 g/mol. The Kier molecular flexibility index (Phi) is 5.46. The Morgan fingerprint density at radius 3 is 2.89 bits per heavy atom. The quantitative estimate of drug-likeness (QED) is 0.856. The second kappa shape index (κ2) is 7.11. The third-order valence-corrected chi connectivity index (χ3v) is 4.46. The minimum atomic E-state index is 0.631. The molecule has 0 aliphatic carbocycles. The highest BCUT2D eigenvalue weighted by molar-refractivity contribution is 4.99. The molecule has 1 aromatic heterocycles. The molecule has 0 spiro atoms. The highest BCUT2D eigenvalue weighted by Gasteiger charge is 2.28. The van der Waals surface area contributed by atoms with Gasteiger partial charge in [0.05, 0.1) is 6.26 Å². The molecule has 0 saturated carbocycles. The van der Waals surface area contributed by atoms with Gasteiger partial charge in [-0.2, -0.15) is 0 Å². The van der Waals surface area contributed by atoms with E-state index in [9.17, 15) is 0 Å². The van der Waals surface area contributed by atoms with Gasteiger partial charge in [0.2, 0.25) is 0 Å². The Morgan fingerprint density at radius 1 is 1.42 bits per heavy atom. The molecule has 3 unspecified atom stereocenters. The molecular weight excluding hydrogens is 236 g/mol. The van der Waals surface area contributed by atoms with E-state index in [2.05, 4.69) is 37.1 Å². The number of rotatable bonds is 6. The molecule has 1 aliphatic rings. The molecular formula is C16H28N2O. The lowest BCUT2D eigenvalue weighted by Crippen LogP contribution is -2.58. The van der Waals surface area contributed by atoms with Crippen molar-refractivity contribution >= 4 is 0 Å². The minimum absolute atomic E-state index is 0.631. The first-order valence-electron chi connectivity index (χ1n) is 7.76. The Morgan fingerprint density at radius 2 is 2.26 bits per heavy atom. The molecule has 19 heavy (non-hydrogen) atoms. The van der Waals surface area contributed by atoms with E-state index in [-0.39, 0.29) is 0 Å². The number of hydrogen-bond acceptors (Lipinski definition) is 3. The van der Waals surface area contributed by atoms with Crippen LogP contribution in [0.3, 0.4) is 0 Å². The van der Waals surface area contributed by atoms with Crippen LogP contribution < -0.4 is 5.32 Å². The zero-order chi connectivity index (χ0) is 13.7. The zero-order valence-electron chi connectivity index (χ0n) is 12.6. The van der Waals surface area contributed by atoms with E-state index in [1.54, 1.807) is 6.26 Å². The maximum absolute atomic E-state index is 5.44. The van der Waals surface area contributed by atoms with Crippen molar-refractivity contribution in [2.75, 3.05) is 13.1 Å². The summed E-state index contributed by atoms with van der Waals surface area (Å²) in [6.07, 6.45) is 6.45. The largest absolute Gasteiger partial charge is 0.469 e. The van der Waals surface area contributed by atoms with Crippen LogP contribution in [0.1, 0.15) is 45.8 Å². The minimum Gasteiger partial charge on any atom is -0.469 e. The van der Waals surface area contributed by atoms with Crippen molar-refractivity contribution in [3.05, 3.63) is 24.2 Å². The van der Waals surface area contributed by atoms with E-state index < -0.39 is 0 Å². The van der Waals surface area contributed by atoms with Crippen molar-refractivity contribution in [2.24, 2.45) is 0 Å². The van der Waals surface area contributed by atoms with E-state index in [0.717, 1.165) is 18.7 Å². The van der Waals surface area contributed by atoms with Crippen LogP contribution in [0.5, 0.6) is 0 Å². The Bertz CT molecular complexity index is 350. The standard InChI is InChI=1S/C16H28N2O/c1-4-14-12-18(15(5-2)11-17-14)13(3)8-9-16-7-6-10-19-16/h6-7,10,13-15,17H,4-5,8-9,11-12H2,1-3H3. The average Bonchev–Trinajstić information content (AvgIpc) is 2.97. The second-order valence-corrected chi connectivity index (χ2v) is 5.74. The molecule has 1 fully saturated rings. The fourth-order valence-electron chi connectivity index (χ4n) is 3.05. The Balaban J connectivity index is 1.88. The number of nitrogens with zero attached hydrogens (tertiary/aromatic N) is 1. The summed E-state index contributed by atoms with van der Waals surface area (Å²) in [6, 6.07) is 6.04. The Hall–Kier alpha value is -0.800. The summed E-state index contributed by atoms with van der Waals surface area (Å²) < 4.78 is 5.44. The van der Waals surface area contributed by atoms with Gasteiger partial charge in [-0.05, 0) is 38.3 Å².